The Labute approximate surface area is 246 Å². The SMILES string of the molecule is CC(=O)[C@@H]1CCC[C@]1(C)C(=O)CC=C(C)[C@H](CC=C(C)C)OC(c1ccccc1)(c1ccccc1)c1ccccc1. The molecule has 214 valence electrons. The van der Waals surface area contributed by atoms with Gasteiger partial charge < -0.3 is 4.74 Å². The van der Waals surface area contributed by atoms with E-state index >= 15 is 0 Å². The quantitative estimate of drug-likeness (QED) is 0.167. The summed E-state index contributed by atoms with van der Waals surface area (Å²) in [5.74, 6) is 0.0986. The Hall–Kier alpha value is -3.56. The first-order valence-electron chi connectivity index (χ1n) is 14.9. The lowest BCUT2D eigenvalue weighted by Crippen LogP contribution is -2.37. The molecule has 0 spiro atoms. The van der Waals surface area contributed by atoms with Crippen molar-refractivity contribution in [2.45, 2.75) is 78.4 Å². The zero-order chi connectivity index (χ0) is 29.5. The summed E-state index contributed by atoms with van der Waals surface area (Å²) in [7, 11) is 0. The first-order valence-corrected chi connectivity index (χ1v) is 14.9. The van der Waals surface area contributed by atoms with Crippen molar-refractivity contribution in [2.24, 2.45) is 11.3 Å². The lowest BCUT2D eigenvalue weighted by atomic mass is 9.73. The third kappa shape index (κ3) is 6.68. The molecule has 1 aliphatic rings. The smallest absolute Gasteiger partial charge is 0.144 e. The molecule has 0 saturated heterocycles. The number of carbonyl (C=O) groups is 2. The molecule has 3 aromatic carbocycles. The van der Waals surface area contributed by atoms with E-state index in [9.17, 15) is 9.59 Å². The summed E-state index contributed by atoms with van der Waals surface area (Å²) in [6, 6.07) is 31.2. The van der Waals surface area contributed by atoms with Crippen molar-refractivity contribution in [3.05, 3.63) is 131 Å². The number of ketones is 2. The van der Waals surface area contributed by atoms with Crippen molar-refractivity contribution in [1.29, 1.82) is 0 Å². The van der Waals surface area contributed by atoms with Gasteiger partial charge in [0.05, 0.1) is 6.10 Å². The molecule has 0 radical (unpaired) electrons. The maximum Gasteiger partial charge on any atom is 0.144 e. The van der Waals surface area contributed by atoms with Crippen molar-refractivity contribution in [1.82, 2.24) is 0 Å². The molecule has 1 fully saturated rings. The molecule has 4 rings (SSSR count). The van der Waals surface area contributed by atoms with E-state index < -0.39 is 11.0 Å². The molecule has 0 aromatic heterocycles. The monoisotopic (exact) mass is 548 g/mol. The normalized spacial score (nSPS) is 19.9. The van der Waals surface area contributed by atoms with Crippen LogP contribution in [0.5, 0.6) is 0 Å². The van der Waals surface area contributed by atoms with Crippen LogP contribution >= 0.6 is 0 Å². The van der Waals surface area contributed by atoms with E-state index in [0.29, 0.717) is 12.8 Å². The predicted molar refractivity (Wildman–Crippen MR) is 168 cm³/mol. The van der Waals surface area contributed by atoms with Crippen LogP contribution in [0.1, 0.15) is 83.4 Å². The minimum absolute atomic E-state index is 0.127. The number of allylic oxidation sites excluding steroid dienone is 2. The van der Waals surface area contributed by atoms with E-state index in [1.165, 1.54) is 5.57 Å². The van der Waals surface area contributed by atoms with Crippen molar-refractivity contribution >= 4 is 11.6 Å². The van der Waals surface area contributed by atoms with Gasteiger partial charge in [-0.3, -0.25) is 9.59 Å². The number of hydrogen-bond donors (Lipinski definition) is 0. The minimum Gasteiger partial charge on any atom is -0.353 e. The fourth-order valence-corrected chi connectivity index (χ4v) is 6.38. The molecule has 0 bridgehead atoms. The summed E-state index contributed by atoms with van der Waals surface area (Å²) < 4.78 is 7.37. The van der Waals surface area contributed by atoms with Gasteiger partial charge in [0.15, 0.2) is 0 Å². The maximum absolute atomic E-state index is 13.6. The second kappa shape index (κ2) is 13.4. The van der Waals surface area contributed by atoms with Gasteiger partial charge in [0.1, 0.15) is 17.2 Å². The maximum atomic E-state index is 13.6. The number of ether oxygens (including phenoxy) is 1. The molecule has 41 heavy (non-hydrogen) atoms. The fourth-order valence-electron chi connectivity index (χ4n) is 6.38. The highest BCUT2D eigenvalue weighted by Gasteiger charge is 2.46. The summed E-state index contributed by atoms with van der Waals surface area (Å²) in [5, 5.41) is 0. The molecular weight excluding hydrogens is 504 g/mol. The minimum atomic E-state index is -0.861. The molecule has 3 heteroatoms. The van der Waals surface area contributed by atoms with E-state index in [-0.39, 0.29) is 23.6 Å². The Kier molecular flexibility index (Phi) is 9.94. The third-order valence-electron chi connectivity index (χ3n) is 8.80. The van der Waals surface area contributed by atoms with Crippen LogP contribution in [0.3, 0.4) is 0 Å². The lowest BCUT2D eigenvalue weighted by molar-refractivity contribution is -0.135. The van der Waals surface area contributed by atoms with Crippen LogP contribution in [0.2, 0.25) is 0 Å². The van der Waals surface area contributed by atoms with Gasteiger partial charge >= 0.3 is 0 Å². The summed E-state index contributed by atoms with van der Waals surface area (Å²) in [5.41, 5.74) is 3.93. The van der Waals surface area contributed by atoms with Crippen LogP contribution in [0.4, 0.5) is 0 Å². The van der Waals surface area contributed by atoms with Gasteiger partial charge in [-0.2, -0.15) is 0 Å². The molecule has 0 amide bonds. The number of Topliss-reactive ketones (excluding diaryl/α,β-unsaturated/α-hetero) is 2. The van der Waals surface area contributed by atoms with Crippen molar-refractivity contribution in [2.75, 3.05) is 0 Å². The van der Waals surface area contributed by atoms with Crippen LogP contribution in [0.15, 0.2) is 114 Å². The summed E-state index contributed by atoms with van der Waals surface area (Å²) in [6.45, 7) is 9.88. The topological polar surface area (TPSA) is 43.4 Å². The van der Waals surface area contributed by atoms with Crippen molar-refractivity contribution in [3.63, 3.8) is 0 Å². The highest BCUT2D eigenvalue weighted by Crippen LogP contribution is 2.46. The molecule has 1 aliphatic carbocycles. The Morgan fingerprint density at radius 3 is 1.76 bits per heavy atom. The molecule has 3 atom stereocenters. The Morgan fingerprint density at radius 1 is 0.829 bits per heavy atom. The number of carbonyl (C=O) groups excluding carboxylic acids is 2. The molecular formula is C38H44O3. The van der Waals surface area contributed by atoms with Gasteiger partial charge in [0.25, 0.3) is 0 Å². The van der Waals surface area contributed by atoms with Gasteiger partial charge in [-0.25, -0.2) is 0 Å². The third-order valence-corrected chi connectivity index (χ3v) is 8.80. The Balaban J connectivity index is 1.78. The van der Waals surface area contributed by atoms with E-state index in [2.05, 4.69) is 99.6 Å². The average Bonchev–Trinajstić information content (AvgIpc) is 3.40. The second-order valence-corrected chi connectivity index (χ2v) is 12.0. The predicted octanol–water partition coefficient (Wildman–Crippen LogP) is 9.02. The first kappa shape index (κ1) is 30.4. The second-order valence-electron chi connectivity index (χ2n) is 12.0. The molecule has 3 aromatic rings. The Bertz CT molecular complexity index is 1270. The zero-order valence-corrected chi connectivity index (χ0v) is 25.2. The van der Waals surface area contributed by atoms with E-state index in [1.54, 1.807) is 6.92 Å². The van der Waals surface area contributed by atoms with E-state index in [4.69, 9.17) is 4.74 Å². The van der Waals surface area contributed by atoms with Gasteiger partial charge in [-0.15, -0.1) is 0 Å². The average molecular weight is 549 g/mol. The largest absolute Gasteiger partial charge is 0.353 e. The standard InChI is InChI=1S/C38H44O3/c1-28(2)23-25-35(29(3)24-26-36(40)37(5)27-15-22-34(37)30(4)39)41-38(31-16-9-6-10-17-31,32-18-11-7-12-19-32)33-20-13-8-14-21-33/h6-14,16-21,23-24,34-35H,15,22,25-27H2,1-5H3/t34-,35-,37-/m0/s1. The zero-order valence-electron chi connectivity index (χ0n) is 25.2. The summed E-state index contributed by atoms with van der Waals surface area (Å²) in [4.78, 5) is 25.9. The van der Waals surface area contributed by atoms with Crippen LogP contribution in [0, 0.1) is 11.3 Å². The highest BCUT2D eigenvalue weighted by molar-refractivity contribution is 5.92. The molecule has 0 unspecified atom stereocenters. The Morgan fingerprint density at radius 2 is 1.32 bits per heavy atom. The van der Waals surface area contributed by atoms with Crippen LogP contribution in [-0.2, 0) is 19.9 Å². The molecule has 3 nitrogen and oxygen atoms in total. The van der Waals surface area contributed by atoms with Crippen LogP contribution in [-0.4, -0.2) is 17.7 Å². The van der Waals surface area contributed by atoms with Crippen molar-refractivity contribution < 1.29 is 14.3 Å². The summed E-state index contributed by atoms with van der Waals surface area (Å²) in [6.07, 6.45) is 7.46. The van der Waals surface area contributed by atoms with Gasteiger partial charge in [0, 0.05) is 17.8 Å². The highest BCUT2D eigenvalue weighted by atomic mass is 16.5. The van der Waals surface area contributed by atoms with E-state index in [0.717, 1.165) is 41.5 Å². The van der Waals surface area contributed by atoms with Gasteiger partial charge in [0.2, 0.25) is 0 Å². The fraction of sp³-hybridized carbons (Fsp3) is 0.368. The molecule has 0 N–H and O–H groups in total. The summed E-state index contributed by atoms with van der Waals surface area (Å²) >= 11 is 0. The molecule has 0 aliphatic heterocycles. The first-order chi connectivity index (χ1) is 19.7. The molecule has 1 saturated carbocycles. The number of rotatable bonds is 12. The number of benzene rings is 3. The van der Waals surface area contributed by atoms with Gasteiger partial charge in [-0.1, -0.05) is 122 Å². The van der Waals surface area contributed by atoms with Gasteiger partial charge in [-0.05, 0) is 69.2 Å². The van der Waals surface area contributed by atoms with Crippen molar-refractivity contribution in [3.8, 4) is 0 Å². The lowest BCUT2D eigenvalue weighted by Gasteiger charge is -2.39. The van der Waals surface area contributed by atoms with Crippen LogP contribution < -0.4 is 0 Å². The van der Waals surface area contributed by atoms with E-state index in [1.807, 2.05) is 31.2 Å². The van der Waals surface area contributed by atoms with Crippen LogP contribution in [0.25, 0.3) is 0 Å². The molecule has 0 heterocycles. The number of hydrogen-bond acceptors (Lipinski definition) is 3.